The Balaban J connectivity index is 1.54. The van der Waals surface area contributed by atoms with Crippen molar-refractivity contribution in [3.05, 3.63) is 52.2 Å². The number of carbonyl (C=O) groups excluding carboxylic acids is 2. The van der Waals surface area contributed by atoms with Gasteiger partial charge in [-0.2, -0.15) is 11.3 Å². The summed E-state index contributed by atoms with van der Waals surface area (Å²) in [6, 6.07) is 9.77. The first kappa shape index (κ1) is 21.3. The molecule has 1 aromatic carbocycles. The monoisotopic (exact) mass is 415 g/mol. The molecule has 7 heteroatoms. The van der Waals surface area contributed by atoms with E-state index >= 15 is 0 Å². The fourth-order valence-electron chi connectivity index (χ4n) is 3.77. The molecule has 1 aromatic heterocycles. The number of carbonyl (C=O) groups is 2. The Kier molecular flexibility index (Phi) is 7.28. The first-order valence-electron chi connectivity index (χ1n) is 9.89. The van der Waals surface area contributed by atoms with Crippen LogP contribution in [0, 0.1) is 5.92 Å². The molecule has 2 heterocycles. The standard InChI is InChI=1S/C22H29N3O3S/c1-24(2)19(18-6-4-5-7-20(18)28-3)14-23-21(26)16-8-11-25(12-9-16)22(27)17-10-13-29-15-17/h4-7,10,13,15-16,19H,8-9,11-12,14H2,1-3H3,(H,23,26)/t19-/m1/s1. The lowest BCUT2D eigenvalue weighted by Gasteiger charge is -2.32. The summed E-state index contributed by atoms with van der Waals surface area (Å²) < 4.78 is 5.49. The van der Waals surface area contributed by atoms with Crippen LogP contribution in [0.5, 0.6) is 5.75 Å². The number of likely N-dealkylation sites (N-methyl/N-ethyl adjacent to an activating group) is 1. The molecule has 3 rings (SSSR count). The van der Waals surface area contributed by atoms with E-state index in [1.165, 1.54) is 11.3 Å². The molecule has 0 spiro atoms. The van der Waals surface area contributed by atoms with Gasteiger partial charge in [-0.15, -0.1) is 0 Å². The van der Waals surface area contributed by atoms with Crippen molar-refractivity contribution in [3.8, 4) is 5.75 Å². The third-order valence-electron chi connectivity index (χ3n) is 5.51. The van der Waals surface area contributed by atoms with Crippen molar-refractivity contribution >= 4 is 23.2 Å². The van der Waals surface area contributed by atoms with E-state index in [0.29, 0.717) is 32.5 Å². The van der Waals surface area contributed by atoms with Crippen molar-refractivity contribution in [1.82, 2.24) is 15.1 Å². The summed E-state index contributed by atoms with van der Waals surface area (Å²) in [5.41, 5.74) is 1.79. The van der Waals surface area contributed by atoms with Gasteiger partial charge in [0.2, 0.25) is 5.91 Å². The van der Waals surface area contributed by atoms with E-state index in [-0.39, 0.29) is 23.8 Å². The SMILES string of the molecule is COc1ccccc1[C@@H](CNC(=O)C1CCN(C(=O)c2ccsc2)CC1)N(C)C. The molecule has 0 unspecified atom stereocenters. The summed E-state index contributed by atoms with van der Waals surface area (Å²) in [7, 11) is 5.66. The molecule has 1 aliphatic rings. The zero-order valence-corrected chi connectivity index (χ0v) is 18.1. The average molecular weight is 416 g/mol. The third-order valence-corrected chi connectivity index (χ3v) is 6.20. The molecule has 0 bridgehead atoms. The van der Waals surface area contributed by atoms with Crippen molar-refractivity contribution in [2.75, 3.05) is 40.8 Å². The number of hydrogen-bond donors (Lipinski definition) is 1. The number of nitrogens with zero attached hydrogens (tertiary/aromatic N) is 2. The molecule has 1 fully saturated rings. The molecule has 2 aromatic rings. The van der Waals surface area contributed by atoms with E-state index in [0.717, 1.165) is 16.9 Å². The number of rotatable bonds is 7. The highest BCUT2D eigenvalue weighted by atomic mass is 32.1. The molecule has 6 nitrogen and oxygen atoms in total. The number of amides is 2. The van der Waals surface area contributed by atoms with Crippen LogP contribution in [0.2, 0.25) is 0 Å². The van der Waals surface area contributed by atoms with Gasteiger partial charge in [-0.25, -0.2) is 0 Å². The summed E-state index contributed by atoms with van der Waals surface area (Å²) in [6.07, 6.45) is 1.39. The predicted molar refractivity (Wildman–Crippen MR) is 115 cm³/mol. The number of para-hydroxylation sites is 1. The van der Waals surface area contributed by atoms with E-state index in [1.807, 2.05) is 60.1 Å². The van der Waals surface area contributed by atoms with Crippen LogP contribution in [-0.2, 0) is 4.79 Å². The van der Waals surface area contributed by atoms with Gasteiger partial charge in [-0.1, -0.05) is 18.2 Å². The molecule has 1 aliphatic heterocycles. The van der Waals surface area contributed by atoms with Gasteiger partial charge in [0.05, 0.1) is 18.7 Å². The summed E-state index contributed by atoms with van der Waals surface area (Å²) in [5, 5.41) is 6.91. The van der Waals surface area contributed by atoms with Crippen molar-refractivity contribution in [3.63, 3.8) is 0 Å². The first-order chi connectivity index (χ1) is 14.0. The maximum absolute atomic E-state index is 12.8. The molecule has 0 radical (unpaired) electrons. The van der Waals surface area contributed by atoms with E-state index in [1.54, 1.807) is 7.11 Å². The summed E-state index contributed by atoms with van der Waals surface area (Å²) >= 11 is 1.53. The van der Waals surface area contributed by atoms with Crippen LogP contribution in [0.3, 0.4) is 0 Å². The van der Waals surface area contributed by atoms with Crippen LogP contribution in [0.4, 0.5) is 0 Å². The molecular weight excluding hydrogens is 386 g/mol. The molecule has 2 amide bonds. The highest BCUT2D eigenvalue weighted by molar-refractivity contribution is 7.08. The van der Waals surface area contributed by atoms with Crippen LogP contribution in [0.25, 0.3) is 0 Å². The normalized spacial score (nSPS) is 15.9. The largest absolute Gasteiger partial charge is 0.496 e. The van der Waals surface area contributed by atoms with Crippen LogP contribution in [0.1, 0.15) is 34.8 Å². The first-order valence-corrected chi connectivity index (χ1v) is 10.8. The maximum atomic E-state index is 12.8. The van der Waals surface area contributed by atoms with Gasteiger partial charge in [0.15, 0.2) is 0 Å². The topological polar surface area (TPSA) is 61.9 Å². The molecule has 0 saturated carbocycles. The fraction of sp³-hybridized carbons (Fsp3) is 0.455. The van der Waals surface area contributed by atoms with Gasteiger partial charge in [0.1, 0.15) is 5.75 Å². The van der Waals surface area contributed by atoms with Gasteiger partial charge in [0.25, 0.3) is 5.91 Å². The van der Waals surface area contributed by atoms with Crippen molar-refractivity contribution in [1.29, 1.82) is 0 Å². The number of hydrogen-bond acceptors (Lipinski definition) is 5. The zero-order chi connectivity index (χ0) is 20.8. The number of thiophene rings is 1. The lowest BCUT2D eigenvalue weighted by molar-refractivity contribution is -0.126. The molecule has 1 N–H and O–H groups in total. The average Bonchev–Trinajstić information content (AvgIpc) is 3.28. The second-order valence-electron chi connectivity index (χ2n) is 7.55. The number of benzene rings is 1. The highest BCUT2D eigenvalue weighted by Gasteiger charge is 2.28. The van der Waals surface area contributed by atoms with Crippen LogP contribution < -0.4 is 10.1 Å². The number of ether oxygens (including phenoxy) is 1. The lowest BCUT2D eigenvalue weighted by Crippen LogP contribution is -2.44. The Hall–Kier alpha value is -2.38. The Morgan fingerprint density at radius 1 is 1.24 bits per heavy atom. The quantitative estimate of drug-likeness (QED) is 0.755. The lowest BCUT2D eigenvalue weighted by atomic mass is 9.95. The Bertz CT molecular complexity index is 814. The fourth-order valence-corrected chi connectivity index (χ4v) is 4.40. The van der Waals surface area contributed by atoms with Gasteiger partial charge >= 0.3 is 0 Å². The van der Waals surface area contributed by atoms with Crippen molar-refractivity contribution in [2.45, 2.75) is 18.9 Å². The van der Waals surface area contributed by atoms with Gasteiger partial charge in [-0.3, -0.25) is 9.59 Å². The minimum atomic E-state index is -0.0537. The van der Waals surface area contributed by atoms with Crippen molar-refractivity contribution < 1.29 is 14.3 Å². The number of methoxy groups -OCH3 is 1. The van der Waals surface area contributed by atoms with Gasteiger partial charge < -0.3 is 19.9 Å². The number of nitrogens with one attached hydrogen (secondary N) is 1. The third kappa shape index (κ3) is 5.16. The second kappa shape index (κ2) is 9.89. The zero-order valence-electron chi connectivity index (χ0n) is 17.3. The molecule has 1 saturated heterocycles. The minimum Gasteiger partial charge on any atom is -0.496 e. The van der Waals surface area contributed by atoms with E-state index in [4.69, 9.17) is 4.74 Å². The Morgan fingerprint density at radius 3 is 2.59 bits per heavy atom. The van der Waals surface area contributed by atoms with E-state index in [2.05, 4.69) is 10.2 Å². The van der Waals surface area contributed by atoms with Gasteiger partial charge in [0, 0.05) is 36.5 Å². The molecule has 29 heavy (non-hydrogen) atoms. The van der Waals surface area contributed by atoms with E-state index < -0.39 is 0 Å². The van der Waals surface area contributed by atoms with Crippen LogP contribution in [-0.4, -0.2) is 62.5 Å². The second-order valence-corrected chi connectivity index (χ2v) is 8.33. The summed E-state index contributed by atoms with van der Waals surface area (Å²) in [4.78, 5) is 29.1. The van der Waals surface area contributed by atoms with E-state index in [9.17, 15) is 9.59 Å². The molecule has 1 atom stereocenters. The highest BCUT2D eigenvalue weighted by Crippen LogP contribution is 2.28. The molecular formula is C22H29N3O3S. The minimum absolute atomic E-state index is 0.0235. The van der Waals surface area contributed by atoms with Crippen LogP contribution >= 0.6 is 11.3 Å². The number of likely N-dealkylation sites (tertiary alicyclic amines) is 1. The van der Waals surface area contributed by atoms with Crippen LogP contribution in [0.15, 0.2) is 41.1 Å². The van der Waals surface area contributed by atoms with Crippen molar-refractivity contribution in [2.24, 2.45) is 5.92 Å². The smallest absolute Gasteiger partial charge is 0.254 e. The Morgan fingerprint density at radius 2 is 1.97 bits per heavy atom. The maximum Gasteiger partial charge on any atom is 0.254 e. The molecule has 156 valence electrons. The summed E-state index contributed by atoms with van der Waals surface area (Å²) in [5.74, 6) is 0.894. The molecule has 0 aliphatic carbocycles. The predicted octanol–water partition coefficient (Wildman–Crippen LogP) is 3.03. The van der Waals surface area contributed by atoms with Gasteiger partial charge in [-0.05, 0) is 44.4 Å². The number of piperidine rings is 1. The Labute approximate surface area is 176 Å². The summed E-state index contributed by atoms with van der Waals surface area (Å²) in [6.45, 7) is 1.76.